The molecule has 0 fully saturated rings. The summed E-state index contributed by atoms with van der Waals surface area (Å²) in [4.78, 5) is 0. The summed E-state index contributed by atoms with van der Waals surface area (Å²) in [5.41, 5.74) is 1.20. The molecule has 69 valence electrons. The van der Waals surface area contributed by atoms with Crippen molar-refractivity contribution in [3.8, 4) is 5.75 Å². The Kier molecular flexibility index (Phi) is 3.56. The number of rotatable bonds is 4. The molecule has 1 nitrogen and oxygen atoms in total. The van der Waals surface area contributed by atoms with Crippen LogP contribution in [0.2, 0.25) is 0 Å². The van der Waals surface area contributed by atoms with E-state index in [0.29, 0.717) is 12.5 Å². The molecule has 0 atom stereocenters. The average molecular weight is 175 g/mol. The summed E-state index contributed by atoms with van der Waals surface area (Å²) in [6, 6.07) is 8.84. The van der Waals surface area contributed by atoms with Gasteiger partial charge in [0.1, 0.15) is 12.4 Å². The van der Waals surface area contributed by atoms with Crippen molar-refractivity contribution in [3.05, 3.63) is 42.5 Å². The van der Waals surface area contributed by atoms with Gasteiger partial charge in [-0.1, -0.05) is 32.6 Å². The van der Waals surface area contributed by atoms with E-state index in [1.165, 1.54) is 5.56 Å². The molecule has 0 saturated heterocycles. The molecule has 0 heterocycles. The molecule has 1 radical (unpaired) electrons. The summed E-state index contributed by atoms with van der Waals surface area (Å²) in [5, 5.41) is 0. The van der Waals surface area contributed by atoms with Crippen molar-refractivity contribution in [2.24, 2.45) is 0 Å². The maximum atomic E-state index is 5.51. The van der Waals surface area contributed by atoms with E-state index in [0.717, 1.165) is 5.75 Å². The zero-order chi connectivity index (χ0) is 9.68. The molecular formula is C12H15O. The maximum Gasteiger partial charge on any atom is 0.123 e. The summed E-state index contributed by atoms with van der Waals surface area (Å²) in [5.74, 6) is 1.41. The lowest BCUT2D eigenvalue weighted by molar-refractivity contribution is 0.357. The van der Waals surface area contributed by atoms with Crippen molar-refractivity contribution >= 4 is 0 Å². The Hall–Kier alpha value is -1.24. The van der Waals surface area contributed by atoms with Crippen molar-refractivity contribution in [1.82, 2.24) is 0 Å². The van der Waals surface area contributed by atoms with Crippen molar-refractivity contribution in [2.45, 2.75) is 19.8 Å². The van der Waals surface area contributed by atoms with Crippen LogP contribution in [0.15, 0.2) is 30.9 Å². The molecule has 0 aliphatic heterocycles. The Morgan fingerprint density at radius 1 is 1.62 bits per heavy atom. The predicted octanol–water partition coefficient (Wildman–Crippen LogP) is 3.17. The molecule has 0 bridgehead atoms. The monoisotopic (exact) mass is 175 g/mol. The van der Waals surface area contributed by atoms with Crippen LogP contribution in [0.25, 0.3) is 0 Å². The average Bonchev–Trinajstić information content (AvgIpc) is 2.15. The molecule has 1 heteroatoms. The lowest BCUT2D eigenvalue weighted by Crippen LogP contribution is -1.98. The molecule has 0 saturated carbocycles. The van der Waals surface area contributed by atoms with Gasteiger partial charge < -0.3 is 4.74 Å². The van der Waals surface area contributed by atoms with Crippen molar-refractivity contribution in [3.63, 3.8) is 0 Å². The fourth-order valence-electron chi connectivity index (χ4n) is 1.16. The van der Waals surface area contributed by atoms with Crippen molar-refractivity contribution in [1.29, 1.82) is 0 Å². The van der Waals surface area contributed by atoms with Crippen LogP contribution >= 0.6 is 0 Å². The molecule has 0 N–H and O–H groups in total. The third-order valence-electron chi connectivity index (χ3n) is 1.83. The highest BCUT2D eigenvalue weighted by atomic mass is 16.5. The Labute approximate surface area is 80.0 Å². The second kappa shape index (κ2) is 4.70. The topological polar surface area (TPSA) is 9.23 Å². The summed E-state index contributed by atoms with van der Waals surface area (Å²) < 4.78 is 5.51. The second-order valence-corrected chi connectivity index (χ2v) is 3.22. The van der Waals surface area contributed by atoms with Crippen LogP contribution in [0.1, 0.15) is 25.3 Å². The first-order valence-corrected chi connectivity index (χ1v) is 4.49. The predicted molar refractivity (Wildman–Crippen MR) is 55.1 cm³/mol. The maximum absolute atomic E-state index is 5.51. The highest BCUT2D eigenvalue weighted by Gasteiger charge is 2.05. The van der Waals surface area contributed by atoms with Crippen LogP contribution in [0.5, 0.6) is 5.75 Å². The van der Waals surface area contributed by atoms with Crippen LogP contribution in [0, 0.1) is 6.07 Å². The Morgan fingerprint density at radius 3 is 3.00 bits per heavy atom. The second-order valence-electron chi connectivity index (χ2n) is 3.22. The number of hydrogen-bond donors (Lipinski definition) is 0. The van der Waals surface area contributed by atoms with Gasteiger partial charge in [0.2, 0.25) is 0 Å². The van der Waals surface area contributed by atoms with Gasteiger partial charge in [0.25, 0.3) is 0 Å². The molecule has 1 rings (SSSR count). The fourth-order valence-corrected chi connectivity index (χ4v) is 1.16. The summed E-state index contributed by atoms with van der Waals surface area (Å²) in [6.07, 6.45) is 1.75. The summed E-state index contributed by atoms with van der Waals surface area (Å²) >= 11 is 0. The smallest absolute Gasteiger partial charge is 0.123 e. The first-order chi connectivity index (χ1) is 6.25. The first-order valence-electron chi connectivity index (χ1n) is 4.49. The van der Waals surface area contributed by atoms with E-state index in [-0.39, 0.29) is 0 Å². The van der Waals surface area contributed by atoms with Gasteiger partial charge in [-0.05, 0) is 29.7 Å². The molecule has 1 aromatic rings. The summed E-state index contributed by atoms with van der Waals surface area (Å²) in [7, 11) is 0. The van der Waals surface area contributed by atoms with E-state index in [4.69, 9.17) is 4.74 Å². The SMILES string of the molecule is C=CCOc1cc[c]cc1C(C)C. The van der Waals surface area contributed by atoms with E-state index in [2.05, 4.69) is 26.5 Å². The molecule has 0 aliphatic rings. The van der Waals surface area contributed by atoms with Gasteiger partial charge in [0, 0.05) is 0 Å². The van der Waals surface area contributed by atoms with Gasteiger partial charge in [0.15, 0.2) is 0 Å². The van der Waals surface area contributed by atoms with Crippen LogP contribution in [0.4, 0.5) is 0 Å². The fraction of sp³-hybridized carbons (Fsp3) is 0.333. The highest BCUT2D eigenvalue weighted by molar-refractivity contribution is 5.35. The Bertz CT molecular complexity index is 276. The van der Waals surface area contributed by atoms with Gasteiger partial charge in [-0.25, -0.2) is 0 Å². The first kappa shape index (κ1) is 9.85. The normalized spacial score (nSPS) is 10.1. The molecule has 13 heavy (non-hydrogen) atoms. The van der Waals surface area contributed by atoms with Gasteiger partial charge in [-0.2, -0.15) is 0 Å². The van der Waals surface area contributed by atoms with Gasteiger partial charge in [0.05, 0.1) is 0 Å². The zero-order valence-electron chi connectivity index (χ0n) is 8.21. The van der Waals surface area contributed by atoms with E-state index in [9.17, 15) is 0 Å². The van der Waals surface area contributed by atoms with E-state index >= 15 is 0 Å². The highest BCUT2D eigenvalue weighted by Crippen LogP contribution is 2.25. The van der Waals surface area contributed by atoms with Crippen molar-refractivity contribution < 1.29 is 4.74 Å². The molecule has 0 aliphatic carbocycles. The van der Waals surface area contributed by atoms with Crippen LogP contribution in [0.3, 0.4) is 0 Å². The minimum Gasteiger partial charge on any atom is -0.489 e. The molecule has 0 amide bonds. The minimum atomic E-state index is 0.470. The summed E-state index contributed by atoms with van der Waals surface area (Å²) in [6.45, 7) is 8.46. The largest absolute Gasteiger partial charge is 0.489 e. The quantitative estimate of drug-likeness (QED) is 0.639. The van der Waals surface area contributed by atoms with Crippen LogP contribution < -0.4 is 4.74 Å². The zero-order valence-corrected chi connectivity index (χ0v) is 8.21. The molecular weight excluding hydrogens is 160 g/mol. The van der Waals surface area contributed by atoms with Gasteiger partial charge in [-0.3, -0.25) is 0 Å². The molecule has 0 unspecified atom stereocenters. The van der Waals surface area contributed by atoms with Gasteiger partial charge in [-0.15, -0.1) is 0 Å². The number of benzene rings is 1. The van der Waals surface area contributed by atoms with Gasteiger partial charge >= 0.3 is 0 Å². The molecule has 0 aromatic heterocycles. The van der Waals surface area contributed by atoms with E-state index < -0.39 is 0 Å². The number of hydrogen-bond acceptors (Lipinski definition) is 1. The van der Waals surface area contributed by atoms with E-state index in [1.807, 2.05) is 18.2 Å². The standard InChI is InChI=1S/C12H15O/c1-4-9-13-12-8-6-5-7-11(12)10(2)3/h4,6-8,10H,1,9H2,2-3H3. The van der Waals surface area contributed by atoms with Crippen LogP contribution in [-0.4, -0.2) is 6.61 Å². The third-order valence-corrected chi connectivity index (χ3v) is 1.83. The third kappa shape index (κ3) is 2.62. The van der Waals surface area contributed by atoms with E-state index in [1.54, 1.807) is 6.08 Å². The Balaban J connectivity index is 2.84. The lowest BCUT2D eigenvalue weighted by Gasteiger charge is -2.11. The Morgan fingerprint density at radius 2 is 2.38 bits per heavy atom. The lowest BCUT2D eigenvalue weighted by atomic mass is 10.0. The minimum absolute atomic E-state index is 0.470. The molecule has 0 spiro atoms. The van der Waals surface area contributed by atoms with Crippen LogP contribution in [-0.2, 0) is 0 Å². The van der Waals surface area contributed by atoms with Crippen molar-refractivity contribution in [2.75, 3.05) is 6.61 Å². The molecule has 1 aromatic carbocycles. The number of ether oxygens (including phenoxy) is 1.